The Kier molecular flexibility index (Phi) is 4.31. The second kappa shape index (κ2) is 6.37. The highest BCUT2D eigenvalue weighted by Gasteiger charge is 2.09. The summed E-state index contributed by atoms with van der Waals surface area (Å²) in [6.45, 7) is 2.86. The number of benzene rings is 1. The Balaban J connectivity index is 1.76. The van der Waals surface area contributed by atoms with Gasteiger partial charge in [-0.2, -0.15) is 0 Å². The van der Waals surface area contributed by atoms with Gasteiger partial charge in [0.05, 0.1) is 10.7 Å². The Morgan fingerprint density at radius 2 is 2.05 bits per heavy atom. The molecule has 21 heavy (non-hydrogen) atoms. The van der Waals surface area contributed by atoms with Gasteiger partial charge in [-0.25, -0.2) is 9.97 Å². The van der Waals surface area contributed by atoms with Crippen LogP contribution in [-0.2, 0) is 5.75 Å². The first-order chi connectivity index (χ1) is 10.3. The summed E-state index contributed by atoms with van der Waals surface area (Å²) in [5.74, 6) is 1.44. The third-order valence-electron chi connectivity index (χ3n) is 2.88. The number of pyridine rings is 1. The maximum atomic E-state index is 6.19. The molecule has 0 aliphatic rings. The van der Waals surface area contributed by atoms with Crippen LogP contribution >= 0.6 is 23.4 Å². The van der Waals surface area contributed by atoms with Gasteiger partial charge in [0.1, 0.15) is 11.3 Å². The number of nitrogens with zero attached hydrogens (tertiary/aromatic N) is 2. The maximum absolute atomic E-state index is 6.19. The molecule has 0 unspecified atom stereocenters. The Bertz CT molecular complexity index is 727. The number of anilines is 1. The molecule has 1 N–H and O–H groups in total. The minimum absolute atomic E-state index is 0.616. The van der Waals surface area contributed by atoms with Gasteiger partial charge in [-0.15, -0.1) is 0 Å². The lowest BCUT2D eigenvalue weighted by Gasteiger charge is -2.06. The molecule has 0 spiro atoms. The van der Waals surface area contributed by atoms with Crippen molar-refractivity contribution in [2.24, 2.45) is 0 Å². The van der Waals surface area contributed by atoms with Crippen LogP contribution < -0.4 is 5.32 Å². The van der Waals surface area contributed by atoms with Crippen molar-refractivity contribution in [2.75, 3.05) is 11.9 Å². The number of hydrogen-bond acceptors (Lipinski definition) is 5. The van der Waals surface area contributed by atoms with Crippen LogP contribution in [0.3, 0.4) is 0 Å². The molecule has 0 fully saturated rings. The highest BCUT2D eigenvalue weighted by Crippen LogP contribution is 2.28. The van der Waals surface area contributed by atoms with Crippen LogP contribution in [0.1, 0.15) is 12.6 Å². The predicted molar refractivity (Wildman–Crippen MR) is 87.0 cm³/mol. The van der Waals surface area contributed by atoms with Crippen molar-refractivity contribution in [1.82, 2.24) is 9.97 Å². The highest BCUT2D eigenvalue weighted by atomic mass is 35.5. The van der Waals surface area contributed by atoms with Crippen molar-refractivity contribution < 1.29 is 4.42 Å². The van der Waals surface area contributed by atoms with Gasteiger partial charge in [0.25, 0.3) is 5.22 Å². The Hall–Kier alpha value is -1.72. The number of rotatable bonds is 5. The van der Waals surface area contributed by atoms with Gasteiger partial charge < -0.3 is 9.73 Å². The van der Waals surface area contributed by atoms with E-state index >= 15 is 0 Å². The van der Waals surface area contributed by atoms with Gasteiger partial charge in [0, 0.05) is 12.3 Å². The molecule has 0 aliphatic carbocycles. The molecule has 0 amide bonds. The summed E-state index contributed by atoms with van der Waals surface area (Å²) in [5, 5.41) is 4.46. The molecule has 0 saturated carbocycles. The number of hydrogen-bond donors (Lipinski definition) is 1. The molecule has 108 valence electrons. The molecule has 3 rings (SSSR count). The second-order valence-electron chi connectivity index (χ2n) is 4.39. The number of thioether (sulfide) groups is 1. The second-order valence-corrected chi connectivity index (χ2v) is 5.73. The summed E-state index contributed by atoms with van der Waals surface area (Å²) < 4.78 is 5.67. The molecule has 4 nitrogen and oxygen atoms in total. The fourth-order valence-corrected chi connectivity index (χ4v) is 2.95. The van der Waals surface area contributed by atoms with Gasteiger partial charge in [0.2, 0.25) is 0 Å². The van der Waals surface area contributed by atoms with Crippen LogP contribution in [0.25, 0.3) is 11.1 Å². The Labute approximate surface area is 131 Å². The molecule has 2 aromatic heterocycles. The van der Waals surface area contributed by atoms with E-state index < -0.39 is 0 Å². The summed E-state index contributed by atoms with van der Waals surface area (Å²) in [6, 6.07) is 11.4. The summed E-state index contributed by atoms with van der Waals surface area (Å²) in [4.78, 5) is 8.92. The van der Waals surface area contributed by atoms with E-state index in [2.05, 4.69) is 15.3 Å². The number of nitrogens with one attached hydrogen (secondary N) is 1. The monoisotopic (exact) mass is 319 g/mol. The average Bonchev–Trinajstić information content (AvgIpc) is 2.91. The van der Waals surface area contributed by atoms with E-state index in [-0.39, 0.29) is 0 Å². The lowest BCUT2D eigenvalue weighted by atomic mass is 10.3. The minimum atomic E-state index is 0.616. The molecule has 0 bridgehead atoms. The zero-order chi connectivity index (χ0) is 14.7. The highest BCUT2D eigenvalue weighted by molar-refractivity contribution is 7.98. The first-order valence-electron chi connectivity index (χ1n) is 6.64. The van der Waals surface area contributed by atoms with Crippen molar-refractivity contribution in [2.45, 2.75) is 17.9 Å². The van der Waals surface area contributed by atoms with Gasteiger partial charge in [0.15, 0.2) is 5.58 Å². The summed E-state index contributed by atoms with van der Waals surface area (Å²) >= 11 is 7.67. The number of aromatic nitrogens is 2. The normalized spacial score (nSPS) is 11.0. The van der Waals surface area contributed by atoms with Gasteiger partial charge in [-0.3, -0.25) is 0 Å². The summed E-state index contributed by atoms with van der Waals surface area (Å²) in [7, 11) is 0. The van der Waals surface area contributed by atoms with E-state index in [4.69, 9.17) is 16.0 Å². The number of halogens is 1. The molecule has 0 atom stereocenters. The standard InChI is InChI=1S/C15H14ClN3OS/c1-2-17-14-8-7-10(16)12(18-14)9-21-15-19-11-5-3-4-6-13(11)20-15/h3-8H,2,9H2,1H3,(H,17,18). The number of para-hydroxylation sites is 2. The Morgan fingerprint density at radius 3 is 2.86 bits per heavy atom. The fourth-order valence-electron chi connectivity index (χ4n) is 1.91. The van der Waals surface area contributed by atoms with E-state index in [1.807, 2.05) is 43.3 Å². The molecule has 0 radical (unpaired) electrons. The molecule has 0 saturated heterocycles. The van der Waals surface area contributed by atoms with Crippen LogP contribution in [-0.4, -0.2) is 16.5 Å². The van der Waals surface area contributed by atoms with Gasteiger partial charge in [-0.1, -0.05) is 35.5 Å². The zero-order valence-corrected chi connectivity index (χ0v) is 13.0. The molecule has 2 heterocycles. The third kappa shape index (κ3) is 3.31. The largest absolute Gasteiger partial charge is 0.431 e. The predicted octanol–water partition coefficient (Wildman–Crippen LogP) is 4.60. The van der Waals surface area contributed by atoms with E-state index in [0.29, 0.717) is 16.0 Å². The van der Waals surface area contributed by atoms with Crippen molar-refractivity contribution in [3.05, 3.63) is 47.1 Å². The van der Waals surface area contributed by atoms with Crippen LogP contribution in [0.15, 0.2) is 46.0 Å². The van der Waals surface area contributed by atoms with Crippen molar-refractivity contribution in [3.63, 3.8) is 0 Å². The topological polar surface area (TPSA) is 51.0 Å². The lowest BCUT2D eigenvalue weighted by molar-refractivity contribution is 0.489. The number of oxazole rings is 1. The minimum Gasteiger partial charge on any atom is -0.431 e. The third-order valence-corrected chi connectivity index (χ3v) is 4.07. The van der Waals surface area contributed by atoms with E-state index in [1.54, 1.807) is 0 Å². The molecular weight excluding hydrogens is 306 g/mol. The first-order valence-corrected chi connectivity index (χ1v) is 8.00. The quantitative estimate of drug-likeness (QED) is 0.696. The summed E-state index contributed by atoms with van der Waals surface area (Å²) in [5.41, 5.74) is 2.48. The molecule has 0 aliphatic heterocycles. The lowest BCUT2D eigenvalue weighted by Crippen LogP contribution is -2.01. The van der Waals surface area contributed by atoms with Crippen LogP contribution in [0.2, 0.25) is 5.02 Å². The Morgan fingerprint density at radius 1 is 1.19 bits per heavy atom. The van der Waals surface area contributed by atoms with Crippen molar-refractivity contribution in [3.8, 4) is 0 Å². The number of fused-ring (bicyclic) bond motifs is 1. The smallest absolute Gasteiger partial charge is 0.257 e. The van der Waals surface area contributed by atoms with Crippen LogP contribution in [0, 0.1) is 0 Å². The molecular formula is C15H14ClN3OS. The first kappa shape index (κ1) is 14.2. The van der Waals surface area contributed by atoms with E-state index in [9.17, 15) is 0 Å². The summed E-state index contributed by atoms with van der Waals surface area (Å²) in [6.07, 6.45) is 0. The van der Waals surface area contributed by atoms with Crippen molar-refractivity contribution in [1.29, 1.82) is 0 Å². The van der Waals surface area contributed by atoms with Gasteiger partial charge in [-0.05, 0) is 31.2 Å². The van der Waals surface area contributed by atoms with Crippen LogP contribution in [0.4, 0.5) is 5.82 Å². The SMILES string of the molecule is CCNc1ccc(Cl)c(CSc2nc3ccccc3o2)n1. The van der Waals surface area contributed by atoms with E-state index in [1.165, 1.54) is 11.8 Å². The molecule has 3 aromatic rings. The molecule has 6 heteroatoms. The fraction of sp³-hybridized carbons (Fsp3) is 0.200. The van der Waals surface area contributed by atoms with Crippen molar-refractivity contribution >= 4 is 40.3 Å². The average molecular weight is 320 g/mol. The van der Waals surface area contributed by atoms with E-state index in [0.717, 1.165) is 29.2 Å². The molecule has 1 aromatic carbocycles. The zero-order valence-electron chi connectivity index (χ0n) is 11.5. The van der Waals surface area contributed by atoms with Crippen LogP contribution in [0.5, 0.6) is 0 Å². The maximum Gasteiger partial charge on any atom is 0.257 e. The van der Waals surface area contributed by atoms with Gasteiger partial charge >= 0.3 is 0 Å².